The lowest BCUT2D eigenvalue weighted by molar-refractivity contribution is -0.137. The second kappa shape index (κ2) is 7.86. The Balaban J connectivity index is 2.51. The Morgan fingerprint density at radius 3 is 2.55 bits per heavy atom. The van der Waals surface area contributed by atoms with Gasteiger partial charge in [-0.3, -0.25) is 4.79 Å². The van der Waals surface area contributed by atoms with Crippen LogP contribution >= 0.6 is 0 Å². The molecule has 0 atom stereocenters. The summed E-state index contributed by atoms with van der Waals surface area (Å²) in [5, 5.41) is 11.6. The largest absolute Gasteiger partial charge is 0.481 e. The van der Waals surface area contributed by atoms with Gasteiger partial charge in [0.05, 0.1) is 5.69 Å². The van der Waals surface area contributed by atoms with Crippen molar-refractivity contribution >= 4 is 21.7 Å². The molecule has 0 aliphatic carbocycles. The van der Waals surface area contributed by atoms with Crippen LogP contribution in [0.2, 0.25) is 0 Å². The molecular weight excluding hydrogens is 280 g/mol. The maximum absolute atomic E-state index is 11.8. The summed E-state index contributed by atoms with van der Waals surface area (Å²) >= 11 is 0. The van der Waals surface area contributed by atoms with E-state index in [1.54, 1.807) is 24.3 Å². The number of carbonyl (C=O) groups is 1. The van der Waals surface area contributed by atoms with Gasteiger partial charge in [0.25, 0.3) is 0 Å². The summed E-state index contributed by atoms with van der Waals surface area (Å²) in [6.45, 7) is 0.607. The number of aliphatic carboxylic acids is 1. The third-order valence-corrected chi connectivity index (χ3v) is 4.30. The Labute approximate surface area is 119 Å². The van der Waals surface area contributed by atoms with Gasteiger partial charge >= 0.3 is 5.97 Å². The summed E-state index contributed by atoms with van der Waals surface area (Å²) in [6, 6.07) is 6.68. The van der Waals surface area contributed by atoms with Crippen molar-refractivity contribution in [3.8, 4) is 0 Å². The Bertz CT molecular complexity index is 543. The van der Waals surface area contributed by atoms with Gasteiger partial charge in [-0.05, 0) is 32.0 Å². The Hall–Kier alpha value is -1.60. The minimum absolute atomic E-state index is 0.171. The van der Waals surface area contributed by atoms with Crippen molar-refractivity contribution in [2.45, 2.75) is 30.6 Å². The van der Waals surface area contributed by atoms with E-state index in [2.05, 4.69) is 10.0 Å². The van der Waals surface area contributed by atoms with Crippen molar-refractivity contribution in [1.82, 2.24) is 4.72 Å². The van der Waals surface area contributed by atoms with Gasteiger partial charge in [-0.15, -0.1) is 0 Å². The van der Waals surface area contributed by atoms with E-state index in [4.69, 9.17) is 5.11 Å². The van der Waals surface area contributed by atoms with Crippen LogP contribution in [0.15, 0.2) is 29.2 Å². The number of anilines is 1. The molecule has 0 bridgehead atoms. The summed E-state index contributed by atoms with van der Waals surface area (Å²) in [4.78, 5) is 10.6. The minimum Gasteiger partial charge on any atom is -0.481 e. The van der Waals surface area contributed by atoms with Crippen LogP contribution in [0.3, 0.4) is 0 Å². The number of para-hydroxylation sites is 1. The Morgan fingerprint density at radius 1 is 1.20 bits per heavy atom. The lowest BCUT2D eigenvalue weighted by atomic mass is 10.2. The SMILES string of the molecule is CNS(=O)(=O)c1ccccc1NCCCCCC(=O)O. The zero-order valence-corrected chi connectivity index (χ0v) is 12.2. The molecule has 0 aliphatic heterocycles. The monoisotopic (exact) mass is 300 g/mol. The minimum atomic E-state index is -3.48. The number of nitrogens with one attached hydrogen (secondary N) is 2. The number of benzene rings is 1. The smallest absolute Gasteiger partial charge is 0.303 e. The molecular formula is C13H20N2O4S. The van der Waals surface area contributed by atoms with E-state index in [1.807, 2.05) is 0 Å². The molecule has 1 aromatic rings. The normalized spacial score (nSPS) is 11.2. The molecule has 3 N–H and O–H groups in total. The van der Waals surface area contributed by atoms with Gasteiger partial charge in [0.1, 0.15) is 4.90 Å². The number of unbranched alkanes of at least 4 members (excludes halogenated alkanes) is 2. The summed E-state index contributed by atoms with van der Waals surface area (Å²) < 4.78 is 25.9. The summed E-state index contributed by atoms with van der Waals surface area (Å²) in [5.74, 6) is -0.789. The highest BCUT2D eigenvalue weighted by Crippen LogP contribution is 2.20. The molecule has 7 heteroatoms. The second-order valence-corrected chi connectivity index (χ2v) is 6.19. The van der Waals surface area contributed by atoms with E-state index in [9.17, 15) is 13.2 Å². The van der Waals surface area contributed by atoms with E-state index in [0.717, 1.165) is 12.8 Å². The molecule has 1 aromatic carbocycles. The van der Waals surface area contributed by atoms with Gasteiger partial charge in [-0.25, -0.2) is 13.1 Å². The number of carboxylic acids is 1. The van der Waals surface area contributed by atoms with Crippen molar-refractivity contribution in [2.24, 2.45) is 0 Å². The van der Waals surface area contributed by atoms with Crippen molar-refractivity contribution in [1.29, 1.82) is 0 Å². The van der Waals surface area contributed by atoms with Crippen LogP contribution in [-0.4, -0.2) is 33.1 Å². The first-order chi connectivity index (χ1) is 9.47. The first kappa shape index (κ1) is 16.5. The van der Waals surface area contributed by atoms with E-state index in [-0.39, 0.29) is 11.3 Å². The molecule has 0 saturated carbocycles. The molecule has 0 saturated heterocycles. The van der Waals surface area contributed by atoms with Gasteiger partial charge < -0.3 is 10.4 Å². The maximum atomic E-state index is 11.8. The number of hydrogen-bond donors (Lipinski definition) is 3. The van der Waals surface area contributed by atoms with Gasteiger partial charge in [0, 0.05) is 13.0 Å². The summed E-state index contributed by atoms with van der Waals surface area (Å²) in [5.41, 5.74) is 0.556. The van der Waals surface area contributed by atoms with Crippen LogP contribution in [0.4, 0.5) is 5.69 Å². The third kappa shape index (κ3) is 5.18. The van der Waals surface area contributed by atoms with Crippen LogP contribution in [0.25, 0.3) is 0 Å². The lowest BCUT2D eigenvalue weighted by Crippen LogP contribution is -2.20. The average molecular weight is 300 g/mol. The number of hydrogen-bond acceptors (Lipinski definition) is 4. The van der Waals surface area contributed by atoms with E-state index in [0.29, 0.717) is 18.7 Å². The molecule has 112 valence electrons. The van der Waals surface area contributed by atoms with E-state index < -0.39 is 16.0 Å². The zero-order chi connectivity index (χ0) is 15.0. The predicted molar refractivity (Wildman–Crippen MR) is 77.3 cm³/mol. The van der Waals surface area contributed by atoms with Crippen LogP contribution < -0.4 is 10.0 Å². The lowest BCUT2D eigenvalue weighted by Gasteiger charge is -2.11. The summed E-state index contributed by atoms with van der Waals surface area (Å²) in [6.07, 6.45) is 2.39. The molecule has 1 rings (SSSR count). The quantitative estimate of drug-likeness (QED) is 0.603. The molecule has 0 unspecified atom stereocenters. The molecule has 0 aromatic heterocycles. The first-order valence-corrected chi connectivity index (χ1v) is 7.94. The van der Waals surface area contributed by atoms with Crippen LogP contribution in [0.5, 0.6) is 0 Å². The number of carboxylic acid groups (broad SMARTS) is 1. The van der Waals surface area contributed by atoms with Crippen molar-refractivity contribution < 1.29 is 18.3 Å². The van der Waals surface area contributed by atoms with Crippen molar-refractivity contribution in [2.75, 3.05) is 18.9 Å². The Kier molecular flexibility index (Phi) is 6.47. The maximum Gasteiger partial charge on any atom is 0.303 e. The fourth-order valence-electron chi connectivity index (χ4n) is 1.76. The van der Waals surface area contributed by atoms with Gasteiger partial charge in [0.2, 0.25) is 10.0 Å². The van der Waals surface area contributed by atoms with Crippen LogP contribution in [-0.2, 0) is 14.8 Å². The third-order valence-electron chi connectivity index (χ3n) is 2.83. The fraction of sp³-hybridized carbons (Fsp3) is 0.462. The molecule has 0 aliphatic rings. The molecule has 0 spiro atoms. The van der Waals surface area contributed by atoms with Crippen LogP contribution in [0, 0.1) is 0 Å². The topological polar surface area (TPSA) is 95.5 Å². The highest BCUT2D eigenvalue weighted by Gasteiger charge is 2.15. The van der Waals surface area contributed by atoms with E-state index >= 15 is 0 Å². The van der Waals surface area contributed by atoms with E-state index in [1.165, 1.54) is 7.05 Å². The molecule has 0 amide bonds. The predicted octanol–water partition coefficient (Wildman–Crippen LogP) is 1.65. The molecule has 0 radical (unpaired) electrons. The second-order valence-electron chi connectivity index (χ2n) is 4.33. The zero-order valence-electron chi connectivity index (χ0n) is 11.4. The van der Waals surface area contributed by atoms with Crippen molar-refractivity contribution in [3.05, 3.63) is 24.3 Å². The highest BCUT2D eigenvalue weighted by atomic mass is 32.2. The highest BCUT2D eigenvalue weighted by molar-refractivity contribution is 7.89. The molecule has 6 nitrogen and oxygen atoms in total. The Morgan fingerprint density at radius 2 is 1.90 bits per heavy atom. The fourth-order valence-corrected chi connectivity index (χ4v) is 2.67. The number of sulfonamides is 1. The summed E-state index contributed by atoms with van der Waals surface area (Å²) in [7, 11) is -2.10. The molecule has 0 heterocycles. The first-order valence-electron chi connectivity index (χ1n) is 6.45. The van der Waals surface area contributed by atoms with Crippen molar-refractivity contribution in [3.63, 3.8) is 0 Å². The van der Waals surface area contributed by atoms with Crippen LogP contribution in [0.1, 0.15) is 25.7 Å². The van der Waals surface area contributed by atoms with Gasteiger partial charge in [-0.1, -0.05) is 18.6 Å². The van der Waals surface area contributed by atoms with Gasteiger partial charge in [-0.2, -0.15) is 0 Å². The standard InChI is InChI=1S/C13H20N2O4S/c1-14-20(18,19)12-8-5-4-7-11(12)15-10-6-2-3-9-13(16)17/h4-5,7-8,14-15H,2-3,6,9-10H2,1H3,(H,16,17). The van der Waals surface area contributed by atoms with Gasteiger partial charge in [0.15, 0.2) is 0 Å². The number of rotatable bonds is 9. The molecule has 20 heavy (non-hydrogen) atoms. The average Bonchev–Trinajstić information content (AvgIpc) is 2.42. The molecule has 0 fully saturated rings.